The highest BCUT2D eigenvalue weighted by Gasteiger charge is 2.07. The molecule has 2 rings (SSSR count). The third-order valence-corrected chi connectivity index (χ3v) is 2.19. The van der Waals surface area contributed by atoms with E-state index in [0.29, 0.717) is 23.6 Å². The Balaban J connectivity index is 2.14. The fourth-order valence-electron chi connectivity index (χ4n) is 1.41. The van der Waals surface area contributed by atoms with Crippen LogP contribution in [-0.4, -0.2) is 11.3 Å². The summed E-state index contributed by atoms with van der Waals surface area (Å²) < 4.78 is 18.6. The van der Waals surface area contributed by atoms with E-state index in [1.165, 1.54) is 12.3 Å². The molecule has 0 amide bonds. The Morgan fingerprint density at radius 1 is 1.38 bits per heavy atom. The Morgan fingerprint density at radius 3 is 2.94 bits per heavy atom. The molecule has 3 nitrogen and oxygen atoms in total. The SMILES string of the molecule is O=CCc1cnc(Cc2ccccc2F)o1. The van der Waals surface area contributed by atoms with E-state index in [4.69, 9.17) is 4.42 Å². The van der Waals surface area contributed by atoms with Gasteiger partial charge in [0, 0.05) is 0 Å². The lowest BCUT2D eigenvalue weighted by molar-refractivity contribution is -0.107. The first-order valence-corrected chi connectivity index (χ1v) is 4.90. The molecule has 16 heavy (non-hydrogen) atoms. The van der Waals surface area contributed by atoms with Crippen LogP contribution < -0.4 is 0 Å². The normalized spacial score (nSPS) is 10.3. The van der Waals surface area contributed by atoms with Crippen molar-refractivity contribution < 1.29 is 13.6 Å². The van der Waals surface area contributed by atoms with E-state index in [0.717, 1.165) is 6.29 Å². The van der Waals surface area contributed by atoms with E-state index in [1.807, 2.05) is 0 Å². The highest BCUT2D eigenvalue weighted by molar-refractivity contribution is 5.52. The molecule has 0 aliphatic rings. The smallest absolute Gasteiger partial charge is 0.198 e. The van der Waals surface area contributed by atoms with Crippen molar-refractivity contribution in [3.05, 3.63) is 53.5 Å². The number of hydrogen-bond donors (Lipinski definition) is 0. The summed E-state index contributed by atoms with van der Waals surface area (Å²) in [6.45, 7) is 0. The predicted octanol–water partition coefficient (Wildman–Crippen LogP) is 2.15. The van der Waals surface area contributed by atoms with Gasteiger partial charge < -0.3 is 9.21 Å². The second-order valence-corrected chi connectivity index (χ2v) is 3.36. The maximum Gasteiger partial charge on any atom is 0.198 e. The van der Waals surface area contributed by atoms with Gasteiger partial charge in [-0.05, 0) is 11.6 Å². The highest BCUT2D eigenvalue weighted by Crippen LogP contribution is 2.13. The Bertz CT molecular complexity index is 493. The molecule has 0 aliphatic heterocycles. The van der Waals surface area contributed by atoms with Gasteiger partial charge in [0.2, 0.25) is 0 Å². The molecule has 1 aromatic carbocycles. The Hall–Kier alpha value is -1.97. The zero-order valence-corrected chi connectivity index (χ0v) is 8.52. The van der Waals surface area contributed by atoms with E-state index < -0.39 is 0 Å². The second kappa shape index (κ2) is 4.70. The molecule has 0 spiro atoms. The van der Waals surface area contributed by atoms with Gasteiger partial charge in [-0.1, -0.05) is 18.2 Å². The highest BCUT2D eigenvalue weighted by atomic mass is 19.1. The lowest BCUT2D eigenvalue weighted by Gasteiger charge is -1.98. The largest absolute Gasteiger partial charge is 0.445 e. The zero-order valence-electron chi connectivity index (χ0n) is 8.52. The van der Waals surface area contributed by atoms with Gasteiger partial charge in [-0.3, -0.25) is 0 Å². The first-order valence-electron chi connectivity index (χ1n) is 4.90. The Labute approximate surface area is 91.9 Å². The van der Waals surface area contributed by atoms with Crippen LogP contribution in [0.4, 0.5) is 4.39 Å². The van der Waals surface area contributed by atoms with Crippen molar-refractivity contribution in [1.29, 1.82) is 0 Å². The number of rotatable bonds is 4. The number of oxazole rings is 1. The summed E-state index contributed by atoms with van der Waals surface area (Å²) in [6.07, 6.45) is 2.73. The fourth-order valence-corrected chi connectivity index (χ4v) is 1.41. The first-order chi connectivity index (χ1) is 7.79. The van der Waals surface area contributed by atoms with Crippen molar-refractivity contribution in [2.45, 2.75) is 12.8 Å². The molecule has 1 aromatic heterocycles. The standard InChI is InChI=1S/C12H10FNO2/c13-11-4-2-1-3-9(11)7-12-14-8-10(16-12)5-6-15/h1-4,6,8H,5,7H2. The molecule has 0 N–H and O–H groups in total. The molecule has 0 saturated heterocycles. The zero-order chi connectivity index (χ0) is 11.4. The van der Waals surface area contributed by atoms with Crippen LogP contribution in [0.1, 0.15) is 17.2 Å². The van der Waals surface area contributed by atoms with Crippen LogP contribution in [0.3, 0.4) is 0 Å². The number of benzene rings is 1. The summed E-state index contributed by atoms with van der Waals surface area (Å²) in [5, 5.41) is 0. The topological polar surface area (TPSA) is 43.1 Å². The average Bonchev–Trinajstić information content (AvgIpc) is 2.70. The molecule has 2 aromatic rings. The van der Waals surface area contributed by atoms with Crippen LogP contribution in [0.5, 0.6) is 0 Å². The van der Waals surface area contributed by atoms with Crippen molar-refractivity contribution in [3.63, 3.8) is 0 Å². The molecule has 0 aliphatic carbocycles. The fraction of sp³-hybridized carbons (Fsp3) is 0.167. The maximum absolute atomic E-state index is 13.3. The monoisotopic (exact) mass is 219 g/mol. The van der Waals surface area contributed by atoms with Gasteiger partial charge in [-0.2, -0.15) is 0 Å². The number of carbonyl (C=O) groups is 1. The maximum atomic E-state index is 13.3. The first kappa shape index (κ1) is 10.5. The van der Waals surface area contributed by atoms with Gasteiger partial charge in [-0.25, -0.2) is 9.37 Å². The van der Waals surface area contributed by atoms with Crippen molar-refractivity contribution in [3.8, 4) is 0 Å². The van der Waals surface area contributed by atoms with E-state index in [9.17, 15) is 9.18 Å². The summed E-state index contributed by atoms with van der Waals surface area (Å²) in [4.78, 5) is 14.2. The van der Waals surface area contributed by atoms with Crippen LogP contribution in [0.2, 0.25) is 0 Å². The van der Waals surface area contributed by atoms with Crippen molar-refractivity contribution in [1.82, 2.24) is 4.98 Å². The van der Waals surface area contributed by atoms with Gasteiger partial charge in [0.1, 0.15) is 17.9 Å². The van der Waals surface area contributed by atoms with Crippen LogP contribution in [0.15, 0.2) is 34.9 Å². The third kappa shape index (κ3) is 2.34. The number of carbonyl (C=O) groups excluding carboxylic acids is 1. The minimum atomic E-state index is -0.280. The lowest BCUT2D eigenvalue weighted by Crippen LogP contribution is -1.91. The number of aldehydes is 1. The summed E-state index contributed by atoms with van der Waals surface area (Å²) in [7, 11) is 0. The number of hydrogen-bond acceptors (Lipinski definition) is 3. The summed E-state index contributed by atoms with van der Waals surface area (Å²) in [5.41, 5.74) is 0.530. The van der Waals surface area contributed by atoms with Crippen molar-refractivity contribution in [2.75, 3.05) is 0 Å². The lowest BCUT2D eigenvalue weighted by atomic mass is 10.1. The molecule has 0 radical (unpaired) electrons. The molecule has 0 unspecified atom stereocenters. The Kier molecular flexibility index (Phi) is 3.10. The quantitative estimate of drug-likeness (QED) is 0.740. The van der Waals surface area contributed by atoms with Gasteiger partial charge in [0.25, 0.3) is 0 Å². The average molecular weight is 219 g/mol. The molecule has 0 fully saturated rings. The van der Waals surface area contributed by atoms with E-state index in [2.05, 4.69) is 4.98 Å². The molecular formula is C12H10FNO2. The van der Waals surface area contributed by atoms with E-state index >= 15 is 0 Å². The number of aromatic nitrogens is 1. The molecule has 4 heteroatoms. The predicted molar refractivity (Wildman–Crippen MR) is 55.5 cm³/mol. The third-order valence-electron chi connectivity index (χ3n) is 2.19. The molecule has 0 bridgehead atoms. The van der Waals surface area contributed by atoms with Gasteiger partial charge >= 0.3 is 0 Å². The summed E-state index contributed by atoms with van der Waals surface area (Å²) >= 11 is 0. The molecule has 0 atom stereocenters. The summed E-state index contributed by atoms with van der Waals surface area (Å²) in [6, 6.07) is 6.46. The minimum absolute atomic E-state index is 0.199. The molecule has 1 heterocycles. The second-order valence-electron chi connectivity index (χ2n) is 3.36. The van der Waals surface area contributed by atoms with Gasteiger partial charge in [-0.15, -0.1) is 0 Å². The number of nitrogens with zero attached hydrogens (tertiary/aromatic N) is 1. The molecule has 0 saturated carbocycles. The van der Waals surface area contributed by atoms with Gasteiger partial charge in [0.15, 0.2) is 5.89 Å². The molecular weight excluding hydrogens is 209 g/mol. The minimum Gasteiger partial charge on any atom is -0.445 e. The van der Waals surface area contributed by atoms with Crippen LogP contribution in [0, 0.1) is 5.82 Å². The molecule has 82 valence electrons. The van der Waals surface area contributed by atoms with E-state index in [-0.39, 0.29) is 12.2 Å². The Morgan fingerprint density at radius 2 is 2.19 bits per heavy atom. The number of halogens is 1. The van der Waals surface area contributed by atoms with Crippen LogP contribution >= 0.6 is 0 Å². The van der Waals surface area contributed by atoms with E-state index in [1.54, 1.807) is 18.2 Å². The van der Waals surface area contributed by atoms with Crippen molar-refractivity contribution >= 4 is 6.29 Å². The van der Waals surface area contributed by atoms with Crippen LogP contribution in [-0.2, 0) is 17.6 Å². The van der Waals surface area contributed by atoms with Crippen molar-refractivity contribution in [2.24, 2.45) is 0 Å². The van der Waals surface area contributed by atoms with Crippen LogP contribution in [0.25, 0.3) is 0 Å². The van der Waals surface area contributed by atoms with Gasteiger partial charge in [0.05, 0.1) is 19.0 Å². The summed E-state index contributed by atoms with van der Waals surface area (Å²) in [5.74, 6) is 0.640.